The summed E-state index contributed by atoms with van der Waals surface area (Å²) in [7, 11) is 0. The van der Waals surface area contributed by atoms with Crippen LogP contribution in [0.3, 0.4) is 0 Å². The quantitative estimate of drug-likeness (QED) is 0.0916. The van der Waals surface area contributed by atoms with Crippen molar-refractivity contribution < 1.29 is 17.5 Å². The molecule has 0 aliphatic heterocycles. The van der Waals surface area contributed by atoms with Gasteiger partial charge in [-0.3, -0.25) is 18.7 Å². The van der Waals surface area contributed by atoms with Gasteiger partial charge in [-0.25, -0.2) is 4.98 Å². The molecule has 4 aromatic heterocycles. The van der Waals surface area contributed by atoms with Gasteiger partial charge in [0.15, 0.2) is 5.82 Å². The molecule has 9 aromatic rings. The van der Waals surface area contributed by atoms with E-state index in [-0.39, 0.29) is 17.8 Å². The lowest BCUT2D eigenvalue weighted by Gasteiger charge is -2.14. The lowest BCUT2D eigenvalue weighted by molar-refractivity contribution is -0.572. The first-order chi connectivity index (χ1) is 30.9. The fraction of sp³-hybridized carbons (Fsp3) is 0.226. The Bertz CT molecular complexity index is 3190. The number of ether oxygens (including phenoxy) is 1. The normalized spacial score (nSPS) is 14.1. The molecular weight excluding hydrogens is 723 g/mol. The fourth-order valence-corrected chi connectivity index (χ4v) is 7.80. The standard InChI is InChI=1S/C53H51N5O/c1-35(2)24-38-20-22-55-53(30-38)58-48-19-16-42(41-12-8-7-9-13-41)31-47(48)46-18-17-44(32-51(46)58)59-45-21-23-54-52(33-45)57-34-56(49-14-10-11-15-50(49)57)43-28-39(25-36(3)4)27-40(29-43)26-37(5)6/h7-23,27-33,35-37H,24-26H2,1-6H3/i24D2,25D2,26D2. The second-order valence-electron chi connectivity index (χ2n) is 15.9. The third-order valence-electron chi connectivity index (χ3n) is 10.1. The number of hydrogen-bond donors (Lipinski definition) is 0. The molecule has 0 atom stereocenters. The minimum absolute atomic E-state index is 0.245. The third kappa shape index (κ3) is 7.88. The monoisotopic (exact) mass is 779 g/mol. The summed E-state index contributed by atoms with van der Waals surface area (Å²) in [6.45, 7) is 11.1. The van der Waals surface area contributed by atoms with Crippen molar-refractivity contribution in [3.8, 4) is 39.9 Å². The van der Waals surface area contributed by atoms with Gasteiger partial charge >= 0.3 is 0 Å². The van der Waals surface area contributed by atoms with E-state index in [2.05, 4.69) is 47.3 Å². The molecule has 6 heteroatoms. The molecule has 0 bridgehead atoms. The van der Waals surface area contributed by atoms with Crippen LogP contribution >= 0.6 is 0 Å². The average molecular weight is 780 g/mol. The Labute approximate surface area is 355 Å². The Morgan fingerprint density at radius 1 is 0.559 bits per heavy atom. The summed E-state index contributed by atoms with van der Waals surface area (Å²) in [5, 5.41) is 2.02. The Morgan fingerprint density at radius 3 is 2.00 bits per heavy atom. The predicted molar refractivity (Wildman–Crippen MR) is 241 cm³/mol. The number of nitrogens with zero attached hydrogens (tertiary/aromatic N) is 5. The smallest absolute Gasteiger partial charge is 0.271 e. The van der Waals surface area contributed by atoms with Gasteiger partial charge in [-0.15, -0.1) is 0 Å². The van der Waals surface area contributed by atoms with Crippen molar-refractivity contribution in [3.63, 3.8) is 0 Å². The number of imidazole rings is 1. The van der Waals surface area contributed by atoms with Gasteiger partial charge in [0.1, 0.15) is 17.3 Å². The number of fused-ring (bicyclic) bond motifs is 4. The Balaban J connectivity index is 1.14. The van der Waals surface area contributed by atoms with Crippen LogP contribution in [0.15, 0.2) is 146 Å². The Morgan fingerprint density at radius 2 is 1.24 bits per heavy atom. The maximum Gasteiger partial charge on any atom is 0.271 e. The van der Waals surface area contributed by atoms with Gasteiger partial charge in [0.25, 0.3) is 6.33 Å². The van der Waals surface area contributed by atoms with Crippen molar-refractivity contribution in [2.45, 2.75) is 60.7 Å². The molecule has 0 aliphatic rings. The highest BCUT2D eigenvalue weighted by molar-refractivity contribution is 6.10. The van der Waals surface area contributed by atoms with E-state index >= 15 is 0 Å². The van der Waals surface area contributed by atoms with Crippen molar-refractivity contribution >= 4 is 32.8 Å². The number of benzene rings is 5. The predicted octanol–water partition coefficient (Wildman–Crippen LogP) is 12.6. The summed E-state index contributed by atoms with van der Waals surface area (Å²) in [4.78, 5) is 9.54. The van der Waals surface area contributed by atoms with E-state index in [4.69, 9.17) is 22.9 Å². The number of para-hydroxylation sites is 2. The van der Waals surface area contributed by atoms with Gasteiger partial charge in [-0.05, 0) is 108 Å². The number of hydrogen-bond acceptors (Lipinski definition) is 3. The zero-order valence-corrected chi connectivity index (χ0v) is 34.2. The minimum Gasteiger partial charge on any atom is -0.458 e. The van der Waals surface area contributed by atoms with Crippen molar-refractivity contribution in [2.75, 3.05) is 0 Å². The van der Waals surface area contributed by atoms with Crippen LogP contribution in [0.5, 0.6) is 11.5 Å². The molecule has 0 saturated carbocycles. The van der Waals surface area contributed by atoms with Crippen LogP contribution in [0.25, 0.3) is 61.3 Å². The molecule has 0 unspecified atom stereocenters. The van der Waals surface area contributed by atoms with Gasteiger partial charge in [0.05, 0.1) is 27.8 Å². The highest BCUT2D eigenvalue weighted by Gasteiger charge is 2.18. The molecule has 6 nitrogen and oxygen atoms in total. The Kier molecular flexibility index (Phi) is 8.54. The van der Waals surface area contributed by atoms with E-state index in [1.807, 2.05) is 117 Å². The van der Waals surface area contributed by atoms with E-state index in [0.717, 1.165) is 44.0 Å². The molecule has 294 valence electrons. The molecule has 0 N–H and O–H groups in total. The number of pyridine rings is 2. The van der Waals surface area contributed by atoms with E-state index in [0.29, 0.717) is 45.5 Å². The lowest BCUT2D eigenvalue weighted by atomic mass is 9.96. The first-order valence-electron chi connectivity index (χ1n) is 23.3. The minimum atomic E-state index is -1.71. The summed E-state index contributed by atoms with van der Waals surface area (Å²) in [5.74, 6) is 1.31. The van der Waals surface area contributed by atoms with E-state index in [1.165, 1.54) is 0 Å². The molecule has 0 amide bonds. The largest absolute Gasteiger partial charge is 0.458 e. The van der Waals surface area contributed by atoms with Crippen LogP contribution < -0.4 is 9.30 Å². The van der Waals surface area contributed by atoms with Gasteiger partial charge in [-0.2, -0.15) is 0 Å². The second-order valence-corrected chi connectivity index (χ2v) is 15.9. The molecule has 0 aliphatic carbocycles. The topological polar surface area (TPSA) is 48.8 Å². The van der Waals surface area contributed by atoms with Crippen molar-refractivity contribution in [1.29, 1.82) is 0 Å². The molecule has 0 spiro atoms. The summed E-state index contributed by atoms with van der Waals surface area (Å²) in [6, 6.07) is 42.9. The van der Waals surface area contributed by atoms with Crippen LogP contribution in [-0.4, -0.2) is 19.1 Å². The molecule has 4 heterocycles. The molecule has 59 heavy (non-hydrogen) atoms. The SMILES string of the molecule is [2H]C([2H])(c1cc(-[n+]2[c-]n(-c3cc(Oc4ccc5c6cc(-c7ccccc7)ccc6n(-c6cc(C([2H])([2H])C(C)C)ccn6)c5c4)ccn3)c3ccccc32)cc(C([2H])([2H])C(C)C)c1)C(C)C. The van der Waals surface area contributed by atoms with Crippen LogP contribution in [0.4, 0.5) is 0 Å². The summed E-state index contributed by atoms with van der Waals surface area (Å²) in [5.41, 5.74) is 7.50. The number of rotatable bonds is 12. The highest BCUT2D eigenvalue weighted by Crippen LogP contribution is 2.37. The molecule has 9 rings (SSSR count). The molecular formula is C53H51N5O. The maximum atomic E-state index is 9.00. The van der Waals surface area contributed by atoms with Crippen LogP contribution in [0, 0.1) is 24.1 Å². The Hall–Kier alpha value is -6.53. The third-order valence-corrected chi connectivity index (χ3v) is 10.1. The molecule has 0 saturated heterocycles. The van der Waals surface area contributed by atoms with Gasteiger partial charge in [0.2, 0.25) is 0 Å². The van der Waals surface area contributed by atoms with Gasteiger partial charge in [-0.1, -0.05) is 119 Å². The summed E-state index contributed by atoms with van der Waals surface area (Å²) < 4.78 is 66.2. The van der Waals surface area contributed by atoms with E-state index in [9.17, 15) is 0 Å². The first-order valence-corrected chi connectivity index (χ1v) is 20.3. The highest BCUT2D eigenvalue weighted by atomic mass is 16.5. The van der Waals surface area contributed by atoms with Crippen LogP contribution in [0.1, 0.15) is 66.5 Å². The van der Waals surface area contributed by atoms with Crippen molar-refractivity contribution in [1.82, 2.24) is 19.1 Å². The van der Waals surface area contributed by atoms with Gasteiger partial charge in [0, 0.05) is 43.5 Å². The van der Waals surface area contributed by atoms with Crippen LogP contribution in [-0.2, 0) is 19.1 Å². The van der Waals surface area contributed by atoms with Crippen LogP contribution in [0.2, 0.25) is 0 Å². The fourth-order valence-electron chi connectivity index (χ4n) is 7.80. The average Bonchev–Trinajstić information content (AvgIpc) is 3.85. The summed E-state index contributed by atoms with van der Waals surface area (Å²) >= 11 is 0. The number of aromatic nitrogens is 5. The first kappa shape index (κ1) is 31.5. The lowest BCUT2D eigenvalue weighted by Crippen LogP contribution is -2.30. The van der Waals surface area contributed by atoms with Gasteiger partial charge < -0.3 is 4.74 Å². The van der Waals surface area contributed by atoms with E-state index in [1.54, 1.807) is 42.7 Å². The van der Waals surface area contributed by atoms with Crippen molar-refractivity contribution in [2.24, 2.45) is 17.8 Å². The zero-order valence-electron chi connectivity index (χ0n) is 40.2. The molecule has 5 aromatic carbocycles. The zero-order chi connectivity index (χ0) is 46.0. The second kappa shape index (κ2) is 16.0. The molecule has 0 radical (unpaired) electrons. The van der Waals surface area contributed by atoms with E-state index < -0.39 is 19.1 Å². The maximum absolute atomic E-state index is 9.00. The summed E-state index contributed by atoms with van der Waals surface area (Å²) in [6.07, 6.45) is 1.84. The molecule has 0 fully saturated rings. The van der Waals surface area contributed by atoms with Crippen molar-refractivity contribution in [3.05, 3.63) is 169 Å².